The summed E-state index contributed by atoms with van der Waals surface area (Å²) in [7, 11) is 3.88. The lowest BCUT2D eigenvalue weighted by Gasteiger charge is -2.13. The quantitative estimate of drug-likeness (QED) is 0.727. The van der Waals surface area contributed by atoms with Gasteiger partial charge in [0.1, 0.15) is 12.4 Å². The monoisotopic (exact) mass is 353 g/mol. The molecule has 0 unspecified atom stereocenters. The predicted molar refractivity (Wildman–Crippen MR) is 102 cm³/mol. The van der Waals surface area contributed by atoms with Crippen molar-refractivity contribution in [1.29, 1.82) is 0 Å². The van der Waals surface area contributed by atoms with E-state index in [9.17, 15) is 4.79 Å². The standard InChI is InChI=1S/C19H19N3O2S/c1-22(2)16-8-6-7-14(11-16)18(23)21-19-20-15(13-25-19)12-24-17-9-4-3-5-10-17/h3-11,13H,12H2,1-2H3,(H,20,21,23). The van der Waals surface area contributed by atoms with Gasteiger partial charge in [-0.1, -0.05) is 24.3 Å². The highest BCUT2D eigenvalue weighted by Crippen LogP contribution is 2.20. The highest BCUT2D eigenvalue weighted by Gasteiger charge is 2.10. The molecule has 0 aliphatic heterocycles. The molecule has 3 aromatic rings. The maximum atomic E-state index is 12.4. The van der Waals surface area contributed by atoms with E-state index >= 15 is 0 Å². The smallest absolute Gasteiger partial charge is 0.257 e. The fourth-order valence-electron chi connectivity index (χ4n) is 2.20. The van der Waals surface area contributed by atoms with Crippen molar-refractivity contribution in [3.8, 4) is 5.75 Å². The summed E-state index contributed by atoms with van der Waals surface area (Å²) in [6.45, 7) is 0.368. The van der Waals surface area contributed by atoms with Crippen LogP contribution in [-0.4, -0.2) is 25.0 Å². The second kappa shape index (κ2) is 7.81. The molecule has 128 valence electrons. The largest absolute Gasteiger partial charge is 0.487 e. The molecule has 0 saturated heterocycles. The summed E-state index contributed by atoms with van der Waals surface area (Å²) >= 11 is 1.38. The highest BCUT2D eigenvalue weighted by molar-refractivity contribution is 7.13. The topological polar surface area (TPSA) is 54.5 Å². The summed E-state index contributed by atoms with van der Waals surface area (Å²) < 4.78 is 5.66. The Labute approximate surface area is 150 Å². The molecule has 0 fully saturated rings. The van der Waals surface area contributed by atoms with Crippen LogP contribution in [-0.2, 0) is 6.61 Å². The summed E-state index contributed by atoms with van der Waals surface area (Å²) in [5, 5.41) is 5.28. The van der Waals surface area contributed by atoms with Gasteiger partial charge >= 0.3 is 0 Å². The average molecular weight is 353 g/mol. The van der Waals surface area contributed by atoms with Crippen molar-refractivity contribution < 1.29 is 9.53 Å². The molecule has 2 aromatic carbocycles. The highest BCUT2D eigenvalue weighted by atomic mass is 32.1. The number of hydrogen-bond donors (Lipinski definition) is 1. The van der Waals surface area contributed by atoms with Gasteiger partial charge in [0.2, 0.25) is 0 Å². The zero-order valence-electron chi connectivity index (χ0n) is 14.1. The number of hydrogen-bond acceptors (Lipinski definition) is 5. The van der Waals surface area contributed by atoms with E-state index in [4.69, 9.17) is 4.74 Å². The molecule has 3 rings (SSSR count). The minimum absolute atomic E-state index is 0.173. The number of nitrogens with one attached hydrogen (secondary N) is 1. The van der Waals surface area contributed by atoms with Gasteiger partial charge in [0, 0.05) is 30.7 Å². The summed E-state index contributed by atoms with van der Waals surface area (Å²) in [4.78, 5) is 18.7. The maximum absolute atomic E-state index is 12.4. The summed E-state index contributed by atoms with van der Waals surface area (Å²) in [5.41, 5.74) is 2.36. The second-order valence-electron chi connectivity index (χ2n) is 5.64. The summed E-state index contributed by atoms with van der Waals surface area (Å²) in [6, 6.07) is 17.0. The van der Waals surface area contributed by atoms with E-state index in [1.165, 1.54) is 11.3 Å². The molecule has 1 heterocycles. The molecule has 0 bridgehead atoms. The van der Waals surface area contributed by atoms with Crippen LogP contribution >= 0.6 is 11.3 Å². The number of ether oxygens (including phenoxy) is 1. The first-order valence-corrected chi connectivity index (χ1v) is 8.71. The van der Waals surface area contributed by atoms with Gasteiger partial charge in [0.15, 0.2) is 5.13 Å². The van der Waals surface area contributed by atoms with Crippen molar-refractivity contribution in [3.63, 3.8) is 0 Å². The van der Waals surface area contributed by atoms with Gasteiger partial charge in [0.25, 0.3) is 5.91 Å². The number of rotatable bonds is 6. The molecular weight excluding hydrogens is 334 g/mol. The van der Waals surface area contributed by atoms with Crippen molar-refractivity contribution >= 4 is 28.1 Å². The molecule has 1 aromatic heterocycles. The Morgan fingerprint density at radius 3 is 2.72 bits per heavy atom. The normalized spacial score (nSPS) is 10.3. The zero-order chi connectivity index (χ0) is 17.6. The van der Waals surface area contributed by atoms with Crippen molar-refractivity contribution in [3.05, 3.63) is 71.2 Å². The molecule has 6 heteroatoms. The second-order valence-corrected chi connectivity index (χ2v) is 6.50. The zero-order valence-corrected chi connectivity index (χ0v) is 14.9. The number of para-hydroxylation sites is 1. The van der Waals surface area contributed by atoms with Crippen LogP contribution in [0.3, 0.4) is 0 Å². The van der Waals surface area contributed by atoms with Crippen LogP contribution in [0, 0.1) is 0 Å². The Kier molecular flexibility index (Phi) is 5.30. The van der Waals surface area contributed by atoms with Gasteiger partial charge in [-0.15, -0.1) is 11.3 Å². The number of anilines is 2. The van der Waals surface area contributed by atoms with Crippen molar-refractivity contribution in [2.75, 3.05) is 24.3 Å². The van der Waals surface area contributed by atoms with Crippen molar-refractivity contribution in [2.45, 2.75) is 6.61 Å². The van der Waals surface area contributed by atoms with Crippen LogP contribution in [0.25, 0.3) is 0 Å². The van der Waals surface area contributed by atoms with Gasteiger partial charge < -0.3 is 9.64 Å². The van der Waals surface area contributed by atoms with E-state index in [1.54, 1.807) is 6.07 Å². The van der Waals surface area contributed by atoms with Crippen LogP contribution in [0.15, 0.2) is 60.0 Å². The third-order valence-electron chi connectivity index (χ3n) is 3.53. The van der Waals surface area contributed by atoms with E-state index in [2.05, 4.69) is 10.3 Å². The third kappa shape index (κ3) is 4.58. The fraction of sp³-hybridized carbons (Fsp3) is 0.158. The molecule has 25 heavy (non-hydrogen) atoms. The molecule has 0 radical (unpaired) electrons. The number of carbonyl (C=O) groups is 1. The van der Waals surface area contributed by atoms with E-state index < -0.39 is 0 Å². The molecular formula is C19H19N3O2S. The predicted octanol–water partition coefficient (Wildman–Crippen LogP) is 4.04. The Balaban J connectivity index is 1.61. The van der Waals surface area contributed by atoms with Crippen LogP contribution < -0.4 is 15.0 Å². The first-order chi connectivity index (χ1) is 12.1. The number of nitrogens with zero attached hydrogens (tertiary/aromatic N) is 2. The number of amides is 1. The minimum Gasteiger partial charge on any atom is -0.487 e. The lowest BCUT2D eigenvalue weighted by atomic mass is 10.2. The van der Waals surface area contributed by atoms with E-state index in [-0.39, 0.29) is 5.91 Å². The summed E-state index contributed by atoms with van der Waals surface area (Å²) in [5.74, 6) is 0.621. The van der Waals surface area contributed by atoms with Gasteiger partial charge in [-0.3, -0.25) is 10.1 Å². The molecule has 0 atom stereocenters. The molecule has 0 aliphatic rings. The molecule has 0 spiro atoms. The Morgan fingerprint density at radius 2 is 1.96 bits per heavy atom. The SMILES string of the molecule is CN(C)c1cccc(C(=O)Nc2nc(COc3ccccc3)cs2)c1. The molecule has 0 aliphatic carbocycles. The third-order valence-corrected chi connectivity index (χ3v) is 4.33. The Morgan fingerprint density at radius 1 is 1.16 bits per heavy atom. The van der Waals surface area contributed by atoms with Crippen LogP contribution in [0.4, 0.5) is 10.8 Å². The Bertz CT molecular complexity index is 847. The number of benzene rings is 2. The molecule has 5 nitrogen and oxygen atoms in total. The van der Waals surface area contributed by atoms with Crippen LogP contribution in [0.2, 0.25) is 0 Å². The van der Waals surface area contributed by atoms with Gasteiger partial charge in [-0.2, -0.15) is 0 Å². The Hall–Kier alpha value is -2.86. The average Bonchev–Trinajstić information content (AvgIpc) is 3.08. The van der Waals surface area contributed by atoms with Gasteiger partial charge in [-0.05, 0) is 30.3 Å². The van der Waals surface area contributed by atoms with Gasteiger partial charge in [-0.25, -0.2) is 4.98 Å². The maximum Gasteiger partial charge on any atom is 0.257 e. The molecule has 1 N–H and O–H groups in total. The van der Waals surface area contributed by atoms with E-state index in [1.807, 2.05) is 72.9 Å². The van der Waals surface area contributed by atoms with Gasteiger partial charge in [0.05, 0.1) is 5.69 Å². The first kappa shape index (κ1) is 17.0. The summed E-state index contributed by atoms with van der Waals surface area (Å²) in [6.07, 6.45) is 0. The molecule has 0 saturated carbocycles. The number of carbonyl (C=O) groups excluding carboxylic acids is 1. The van der Waals surface area contributed by atoms with Crippen molar-refractivity contribution in [2.24, 2.45) is 0 Å². The minimum atomic E-state index is -0.173. The van der Waals surface area contributed by atoms with Crippen LogP contribution in [0.1, 0.15) is 16.1 Å². The number of aromatic nitrogens is 1. The lowest BCUT2D eigenvalue weighted by Crippen LogP contribution is -2.14. The molecule has 1 amide bonds. The van der Waals surface area contributed by atoms with Crippen LogP contribution in [0.5, 0.6) is 5.75 Å². The fourth-order valence-corrected chi connectivity index (χ4v) is 2.89. The lowest BCUT2D eigenvalue weighted by molar-refractivity contribution is 0.102. The van der Waals surface area contributed by atoms with Crippen molar-refractivity contribution in [1.82, 2.24) is 4.98 Å². The van der Waals surface area contributed by atoms with E-state index in [0.29, 0.717) is 17.3 Å². The van der Waals surface area contributed by atoms with E-state index in [0.717, 1.165) is 17.1 Å². The first-order valence-electron chi connectivity index (χ1n) is 7.83. The number of thiazole rings is 1.